The zero-order valence-corrected chi connectivity index (χ0v) is 11.3. The van der Waals surface area contributed by atoms with Crippen molar-refractivity contribution >= 4 is 15.9 Å². The summed E-state index contributed by atoms with van der Waals surface area (Å²) in [4.78, 5) is 11.6. The molecule has 0 aliphatic carbocycles. The number of urea groups is 1. The number of rotatable bonds is 3. The summed E-state index contributed by atoms with van der Waals surface area (Å²) in [5.41, 5.74) is 0. The number of amides is 2. The van der Waals surface area contributed by atoms with Gasteiger partial charge < -0.3 is 16.0 Å². The van der Waals surface area contributed by atoms with Gasteiger partial charge in [0.2, 0.25) is 0 Å². The number of sulfone groups is 1. The van der Waals surface area contributed by atoms with E-state index in [0.29, 0.717) is 18.7 Å². The van der Waals surface area contributed by atoms with Crippen molar-refractivity contribution in [2.75, 3.05) is 31.1 Å². The van der Waals surface area contributed by atoms with Gasteiger partial charge in [-0.2, -0.15) is 0 Å². The molecule has 0 aromatic heterocycles. The summed E-state index contributed by atoms with van der Waals surface area (Å²) in [7, 11) is -2.88. The lowest BCUT2D eigenvalue weighted by Crippen LogP contribution is -2.45. The van der Waals surface area contributed by atoms with Crippen LogP contribution in [0.25, 0.3) is 0 Å². The van der Waals surface area contributed by atoms with Crippen LogP contribution >= 0.6 is 0 Å². The number of nitrogens with one attached hydrogen (secondary N) is 3. The highest BCUT2D eigenvalue weighted by atomic mass is 32.2. The molecule has 104 valence electrons. The van der Waals surface area contributed by atoms with Crippen molar-refractivity contribution in [3.63, 3.8) is 0 Å². The number of carbonyl (C=O) groups excluding carboxylic acids is 1. The smallest absolute Gasteiger partial charge is 0.315 e. The third kappa shape index (κ3) is 4.13. The maximum absolute atomic E-state index is 11.6. The van der Waals surface area contributed by atoms with Crippen LogP contribution in [-0.2, 0) is 9.84 Å². The second-order valence-electron chi connectivity index (χ2n) is 5.17. The Labute approximate surface area is 108 Å². The Bertz CT molecular complexity index is 390. The summed E-state index contributed by atoms with van der Waals surface area (Å²) in [6, 6.07) is 0.00626. The van der Waals surface area contributed by atoms with Crippen LogP contribution in [0, 0.1) is 5.92 Å². The van der Waals surface area contributed by atoms with E-state index in [-0.39, 0.29) is 23.7 Å². The van der Waals surface area contributed by atoms with Gasteiger partial charge in [0.05, 0.1) is 11.5 Å². The zero-order chi connectivity index (χ0) is 13.0. The van der Waals surface area contributed by atoms with Gasteiger partial charge in [0.15, 0.2) is 9.84 Å². The van der Waals surface area contributed by atoms with Crippen molar-refractivity contribution in [2.24, 2.45) is 5.92 Å². The second kappa shape index (κ2) is 5.88. The van der Waals surface area contributed by atoms with Crippen LogP contribution in [0.15, 0.2) is 0 Å². The Balaban J connectivity index is 1.69. The quantitative estimate of drug-likeness (QED) is 0.646. The number of carbonyl (C=O) groups is 1. The van der Waals surface area contributed by atoms with Crippen LogP contribution in [0.5, 0.6) is 0 Å². The third-order valence-corrected chi connectivity index (χ3v) is 5.39. The largest absolute Gasteiger partial charge is 0.338 e. The Hall–Kier alpha value is -0.820. The SMILES string of the molecule is O=C(NCC1CCCS(=O)(=O)C1)NC1CCNC1. The van der Waals surface area contributed by atoms with Crippen LogP contribution < -0.4 is 16.0 Å². The molecule has 0 radical (unpaired) electrons. The Morgan fingerprint density at radius 2 is 2.17 bits per heavy atom. The third-order valence-electron chi connectivity index (χ3n) is 3.50. The monoisotopic (exact) mass is 275 g/mol. The average Bonchev–Trinajstić information content (AvgIpc) is 2.78. The first-order valence-electron chi connectivity index (χ1n) is 6.51. The highest BCUT2D eigenvalue weighted by Crippen LogP contribution is 2.17. The van der Waals surface area contributed by atoms with Crippen molar-refractivity contribution in [3.05, 3.63) is 0 Å². The van der Waals surface area contributed by atoms with Crippen molar-refractivity contribution in [2.45, 2.75) is 25.3 Å². The van der Waals surface area contributed by atoms with Crippen LogP contribution in [0.1, 0.15) is 19.3 Å². The topological polar surface area (TPSA) is 87.3 Å². The summed E-state index contributed by atoms with van der Waals surface area (Å²) < 4.78 is 22.9. The fourth-order valence-corrected chi connectivity index (χ4v) is 4.31. The van der Waals surface area contributed by atoms with Gasteiger partial charge >= 0.3 is 6.03 Å². The van der Waals surface area contributed by atoms with Crippen molar-refractivity contribution in [1.29, 1.82) is 0 Å². The fraction of sp³-hybridized carbons (Fsp3) is 0.909. The molecular formula is C11H21N3O3S. The van der Waals surface area contributed by atoms with Crippen LogP contribution in [0.3, 0.4) is 0 Å². The molecule has 2 aliphatic rings. The molecule has 2 atom stereocenters. The summed E-state index contributed by atoms with van der Waals surface area (Å²) in [6.45, 7) is 2.20. The summed E-state index contributed by atoms with van der Waals surface area (Å²) in [5, 5.41) is 8.82. The van der Waals surface area contributed by atoms with Gasteiger partial charge in [-0.1, -0.05) is 0 Å². The zero-order valence-electron chi connectivity index (χ0n) is 10.4. The number of hydrogen-bond acceptors (Lipinski definition) is 4. The normalized spacial score (nSPS) is 30.9. The Morgan fingerprint density at radius 3 is 2.83 bits per heavy atom. The molecule has 7 heteroatoms. The van der Waals surface area contributed by atoms with Crippen molar-refractivity contribution < 1.29 is 13.2 Å². The lowest BCUT2D eigenvalue weighted by Gasteiger charge is -2.22. The first kappa shape index (κ1) is 13.6. The fourth-order valence-electron chi connectivity index (χ4n) is 2.53. The Kier molecular flexibility index (Phi) is 4.45. The minimum Gasteiger partial charge on any atom is -0.338 e. The van der Waals surface area contributed by atoms with E-state index in [0.717, 1.165) is 25.9 Å². The molecule has 0 bridgehead atoms. The van der Waals surface area contributed by atoms with E-state index < -0.39 is 9.84 Å². The molecule has 3 N–H and O–H groups in total. The molecule has 2 rings (SSSR count). The van der Waals surface area contributed by atoms with Gasteiger partial charge in [0, 0.05) is 19.1 Å². The predicted molar refractivity (Wildman–Crippen MR) is 69.2 cm³/mol. The molecule has 0 saturated carbocycles. The molecule has 2 aliphatic heterocycles. The lowest BCUT2D eigenvalue weighted by molar-refractivity contribution is 0.235. The van der Waals surface area contributed by atoms with Crippen LogP contribution in [-0.4, -0.2) is 51.6 Å². The second-order valence-corrected chi connectivity index (χ2v) is 7.40. The molecule has 0 spiro atoms. The van der Waals surface area contributed by atoms with E-state index in [1.54, 1.807) is 0 Å². The van der Waals surface area contributed by atoms with E-state index in [9.17, 15) is 13.2 Å². The highest BCUT2D eigenvalue weighted by Gasteiger charge is 2.25. The molecule has 0 aromatic carbocycles. The predicted octanol–water partition coefficient (Wildman–Crippen LogP) is -0.528. The van der Waals surface area contributed by atoms with Crippen LogP contribution in [0.2, 0.25) is 0 Å². The number of hydrogen-bond donors (Lipinski definition) is 3. The summed E-state index contributed by atoms with van der Waals surface area (Å²) >= 11 is 0. The van der Waals surface area contributed by atoms with Gasteiger partial charge in [0.25, 0.3) is 0 Å². The molecule has 2 unspecified atom stereocenters. The molecule has 2 saturated heterocycles. The Morgan fingerprint density at radius 1 is 1.33 bits per heavy atom. The molecular weight excluding hydrogens is 254 g/mol. The molecule has 6 nitrogen and oxygen atoms in total. The van der Waals surface area contributed by atoms with E-state index in [2.05, 4.69) is 16.0 Å². The average molecular weight is 275 g/mol. The maximum Gasteiger partial charge on any atom is 0.315 e. The van der Waals surface area contributed by atoms with E-state index in [1.165, 1.54) is 0 Å². The van der Waals surface area contributed by atoms with E-state index >= 15 is 0 Å². The van der Waals surface area contributed by atoms with Crippen molar-refractivity contribution in [1.82, 2.24) is 16.0 Å². The first-order valence-corrected chi connectivity index (χ1v) is 8.33. The van der Waals surface area contributed by atoms with Gasteiger partial charge in [-0.15, -0.1) is 0 Å². The highest BCUT2D eigenvalue weighted by molar-refractivity contribution is 7.91. The standard InChI is InChI=1S/C11H21N3O3S/c15-11(14-10-3-4-12-7-10)13-6-9-2-1-5-18(16,17)8-9/h9-10,12H,1-8H2,(H2,13,14,15). The molecule has 2 heterocycles. The van der Waals surface area contributed by atoms with Gasteiger partial charge in [-0.3, -0.25) is 0 Å². The first-order chi connectivity index (χ1) is 8.55. The minimum absolute atomic E-state index is 0.0659. The molecule has 0 aromatic rings. The van der Waals surface area contributed by atoms with Gasteiger partial charge in [-0.05, 0) is 31.7 Å². The van der Waals surface area contributed by atoms with Gasteiger partial charge in [-0.25, -0.2) is 13.2 Å². The van der Waals surface area contributed by atoms with Gasteiger partial charge in [0.1, 0.15) is 0 Å². The minimum atomic E-state index is -2.88. The summed E-state index contributed by atoms with van der Waals surface area (Å²) in [6.07, 6.45) is 2.54. The lowest BCUT2D eigenvalue weighted by atomic mass is 10.1. The maximum atomic E-state index is 11.6. The molecule has 18 heavy (non-hydrogen) atoms. The summed E-state index contributed by atoms with van der Waals surface area (Å²) in [5.74, 6) is 0.568. The molecule has 2 fully saturated rings. The van der Waals surface area contributed by atoms with Crippen LogP contribution in [0.4, 0.5) is 4.79 Å². The van der Waals surface area contributed by atoms with Crippen molar-refractivity contribution in [3.8, 4) is 0 Å². The van der Waals surface area contributed by atoms with E-state index in [1.807, 2.05) is 0 Å². The van der Waals surface area contributed by atoms with E-state index in [4.69, 9.17) is 0 Å². The molecule has 2 amide bonds.